The molecule has 1 N–H and O–H groups in total. The number of hydrogen-bond donors (Lipinski definition) is 1. The van der Waals surface area contributed by atoms with Gasteiger partial charge in [-0.25, -0.2) is 0 Å². The van der Waals surface area contributed by atoms with E-state index in [4.69, 9.17) is 4.74 Å². The third-order valence-corrected chi connectivity index (χ3v) is 5.10. The molecule has 0 radical (unpaired) electrons. The standard InChI is InChI=1S/C18H29N3O.2ClH/c1-22-18-4-2-3-17(15-18)21-13-11-20(12-14-21)10-7-16-5-8-19-9-6-16;;/h2-4,15-16,19H,5-14H2,1H3;2*1H. The second-order valence-electron chi connectivity index (χ2n) is 6.51. The molecule has 0 saturated carbocycles. The second-order valence-corrected chi connectivity index (χ2v) is 6.51. The van der Waals surface area contributed by atoms with Gasteiger partial charge in [0.2, 0.25) is 0 Å². The molecule has 2 aliphatic rings. The topological polar surface area (TPSA) is 27.7 Å². The Morgan fingerprint density at radius 3 is 2.46 bits per heavy atom. The van der Waals surface area contributed by atoms with E-state index in [1.54, 1.807) is 7.11 Å². The van der Waals surface area contributed by atoms with Crippen LogP contribution in [0, 0.1) is 5.92 Å². The van der Waals surface area contributed by atoms with Gasteiger partial charge >= 0.3 is 0 Å². The normalized spacial score (nSPS) is 19.3. The van der Waals surface area contributed by atoms with E-state index >= 15 is 0 Å². The van der Waals surface area contributed by atoms with Crippen molar-refractivity contribution in [3.05, 3.63) is 24.3 Å². The summed E-state index contributed by atoms with van der Waals surface area (Å²) >= 11 is 0. The number of benzene rings is 1. The summed E-state index contributed by atoms with van der Waals surface area (Å²) in [6, 6.07) is 8.42. The molecule has 0 atom stereocenters. The van der Waals surface area contributed by atoms with Gasteiger partial charge < -0.3 is 15.0 Å². The van der Waals surface area contributed by atoms with E-state index in [2.05, 4.69) is 33.3 Å². The zero-order chi connectivity index (χ0) is 15.2. The number of anilines is 1. The van der Waals surface area contributed by atoms with E-state index in [0.29, 0.717) is 0 Å². The van der Waals surface area contributed by atoms with Gasteiger partial charge in [0.15, 0.2) is 0 Å². The average Bonchev–Trinajstić information content (AvgIpc) is 2.61. The Morgan fingerprint density at radius 1 is 1.08 bits per heavy atom. The van der Waals surface area contributed by atoms with E-state index in [1.165, 1.54) is 57.7 Å². The third-order valence-electron chi connectivity index (χ3n) is 5.10. The van der Waals surface area contributed by atoms with Crippen LogP contribution in [0.2, 0.25) is 0 Å². The van der Waals surface area contributed by atoms with Crippen molar-refractivity contribution in [1.82, 2.24) is 10.2 Å². The molecule has 0 aliphatic carbocycles. The number of piperazine rings is 1. The number of ether oxygens (including phenoxy) is 1. The highest BCUT2D eigenvalue weighted by Gasteiger charge is 2.19. The predicted molar refractivity (Wildman–Crippen MR) is 106 cm³/mol. The zero-order valence-corrected chi connectivity index (χ0v) is 16.2. The molecule has 3 rings (SSSR count). The second kappa shape index (κ2) is 11.0. The average molecular weight is 376 g/mol. The molecule has 0 unspecified atom stereocenters. The molecule has 0 bridgehead atoms. The van der Waals surface area contributed by atoms with Crippen molar-refractivity contribution < 1.29 is 4.74 Å². The Labute approximate surface area is 158 Å². The van der Waals surface area contributed by atoms with Gasteiger partial charge in [-0.1, -0.05) is 6.07 Å². The number of nitrogens with one attached hydrogen (secondary N) is 1. The molecule has 138 valence electrons. The van der Waals surface area contributed by atoms with E-state index in [1.807, 2.05) is 6.07 Å². The highest BCUT2D eigenvalue weighted by molar-refractivity contribution is 5.85. The van der Waals surface area contributed by atoms with Crippen molar-refractivity contribution in [3.63, 3.8) is 0 Å². The van der Waals surface area contributed by atoms with Crippen molar-refractivity contribution in [2.24, 2.45) is 5.92 Å². The smallest absolute Gasteiger partial charge is 0.120 e. The number of rotatable bonds is 5. The fourth-order valence-corrected chi connectivity index (χ4v) is 3.57. The largest absolute Gasteiger partial charge is 0.497 e. The van der Waals surface area contributed by atoms with Gasteiger partial charge in [-0.3, -0.25) is 4.90 Å². The molecule has 0 aromatic heterocycles. The van der Waals surface area contributed by atoms with Crippen LogP contribution in [0.5, 0.6) is 5.75 Å². The van der Waals surface area contributed by atoms with Gasteiger partial charge in [-0.15, -0.1) is 24.8 Å². The predicted octanol–water partition coefficient (Wildman–Crippen LogP) is 3.05. The fraction of sp³-hybridized carbons (Fsp3) is 0.667. The van der Waals surface area contributed by atoms with E-state index in [0.717, 1.165) is 24.8 Å². The summed E-state index contributed by atoms with van der Waals surface area (Å²) in [5.74, 6) is 1.89. The Hall–Kier alpha value is -0.680. The molecule has 2 saturated heterocycles. The molecule has 0 spiro atoms. The van der Waals surface area contributed by atoms with Crippen LogP contribution in [0.25, 0.3) is 0 Å². The first kappa shape index (κ1) is 21.4. The lowest BCUT2D eigenvalue weighted by molar-refractivity contribution is 0.224. The number of nitrogens with zero attached hydrogens (tertiary/aromatic N) is 2. The molecule has 0 amide bonds. The lowest BCUT2D eigenvalue weighted by Gasteiger charge is -2.37. The fourth-order valence-electron chi connectivity index (χ4n) is 3.57. The van der Waals surface area contributed by atoms with Gasteiger partial charge in [0.1, 0.15) is 5.75 Å². The lowest BCUT2D eigenvalue weighted by Crippen LogP contribution is -2.47. The van der Waals surface area contributed by atoms with Crippen LogP contribution < -0.4 is 15.0 Å². The zero-order valence-electron chi connectivity index (χ0n) is 14.6. The SMILES string of the molecule is COc1cccc(N2CCN(CCC3CCNCC3)CC2)c1.Cl.Cl. The molecule has 2 heterocycles. The van der Waals surface area contributed by atoms with Crippen molar-refractivity contribution in [2.75, 3.05) is 57.8 Å². The quantitative estimate of drug-likeness (QED) is 0.855. The van der Waals surface area contributed by atoms with Crippen LogP contribution in [0.3, 0.4) is 0 Å². The molecule has 1 aromatic rings. The Kier molecular flexibility index (Phi) is 9.82. The highest BCUT2D eigenvalue weighted by atomic mass is 35.5. The summed E-state index contributed by atoms with van der Waals surface area (Å²) in [4.78, 5) is 5.11. The van der Waals surface area contributed by atoms with Crippen LogP contribution >= 0.6 is 24.8 Å². The maximum absolute atomic E-state index is 5.33. The minimum absolute atomic E-state index is 0. The molecular weight excluding hydrogens is 345 g/mol. The number of halogens is 2. The van der Waals surface area contributed by atoms with Crippen molar-refractivity contribution in [1.29, 1.82) is 0 Å². The van der Waals surface area contributed by atoms with E-state index < -0.39 is 0 Å². The molecule has 6 heteroatoms. The third kappa shape index (κ3) is 5.99. The summed E-state index contributed by atoms with van der Waals surface area (Å²) in [7, 11) is 1.73. The summed E-state index contributed by atoms with van der Waals surface area (Å²) < 4.78 is 5.33. The van der Waals surface area contributed by atoms with Gasteiger partial charge in [0, 0.05) is 37.9 Å². The number of piperidine rings is 1. The molecule has 24 heavy (non-hydrogen) atoms. The van der Waals surface area contributed by atoms with Crippen LogP contribution in [0.1, 0.15) is 19.3 Å². The van der Waals surface area contributed by atoms with Gasteiger partial charge in [-0.05, 0) is 56.9 Å². The maximum atomic E-state index is 5.33. The highest BCUT2D eigenvalue weighted by Crippen LogP contribution is 2.22. The van der Waals surface area contributed by atoms with Crippen LogP contribution in [0.4, 0.5) is 5.69 Å². The summed E-state index contributed by atoms with van der Waals surface area (Å²) in [6.45, 7) is 8.32. The molecular formula is C18H31Cl2N3O. The van der Waals surface area contributed by atoms with Crippen molar-refractivity contribution in [2.45, 2.75) is 19.3 Å². The Bertz CT molecular complexity index is 461. The molecule has 1 aromatic carbocycles. The number of methoxy groups -OCH3 is 1. The Morgan fingerprint density at radius 2 is 1.79 bits per heavy atom. The minimum atomic E-state index is 0. The monoisotopic (exact) mass is 375 g/mol. The first-order valence-electron chi connectivity index (χ1n) is 8.67. The van der Waals surface area contributed by atoms with E-state index in [9.17, 15) is 0 Å². The van der Waals surface area contributed by atoms with Gasteiger partial charge in [0.25, 0.3) is 0 Å². The van der Waals surface area contributed by atoms with Gasteiger partial charge in [-0.2, -0.15) is 0 Å². The minimum Gasteiger partial charge on any atom is -0.497 e. The summed E-state index contributed by atoms with van der Waals surface area (Å²) in [6.07, 6.45) is 4.11. The van der Waals surface area contributed by atoms with Crippen molar-refractivity contribution in [3.8, 4) is 5.75 Å². The summed E-state index contributed by atoms with van der Waals surface area (Å²) in [5.41, 5.74) is 1.29. The first-order valence-corrected chi connectivity index (χ1v) is 8.67. The maximum Gasteiger partial charge on any atom is 0.120 e. The number of hydrogen-bond acceptors (Lipinski definition) is 4. The van der Waals surface area contributed by atoms with Crippen LogP contribution in [-0.4, -0.2) is 57.8 Å². The first-order chi connectivity index (χ1) is 10.8. The van der Waals surface area contributed by atoms with Crippen LogP contribution in [-0.2, 0) is 0 Å². The molecule has 2 aliphatic heterocycles. The van der Waals surface area contributed by atoms with Crippen molar-refractivity contribution >= 4 is 30.5 Å². The summed E-state index contributed by atoms with van der Waals surface area (Å²) in [5, 5.41) is 3.46. The Balaban J connectivity index is 0.00000144. The van der Waals surface area contributed by atoms with Gasteiger partial charge in [0.05, 0.1) is 7.11 Å². The molecule has 2 fully saturated rings. The van der Waals surface area contributed by atoms with E-state index in [-0.39, 0.29) is 24.8 Å². The van der Waals surface area contributed by atoms with Crippen LogP contribution in [0.15, 0.2) is 24.3 Å². The lowest BCUT2D eigenvalue weighted by atomic mass is 9.94. The molecule has 4 nitrogen and oxygen atoms in total.